The Bertz CT molecular complexity index is 943. The van der Waals surface area contributed by atoms with Crippen LogP contribution in [0.3, 0.4) is 0 Å². The quantitative estimate of drug-likeness (QED) is 0.564. The Kier molecular flexibility index (Phi) is 6.70. The van der Waals surface area contributed by atoms with Crippen molar-refractivity contribution in [2.24, 2.45) is 0 Å². The summed E-state index contributed by atoms with van der Waals surface area (Å²) in [6.45, 7) is 8.39. The predicted molar refractivity (Wildman–Crippen MR) is 122 cm³/mol. The number of pyridine rings is 1. The van der Waals surface area contributed by atoms with E-state index in [0.717, 1.165) is 55.3 Å². The number of hydrogen-bond acceptors (Lipinski definition) is 5. The molecule has 0 radical (unpaired) electrons. The van der Waals surface area contributed by atoms with Crippen LogP contribution in [-0.2, 0) is 6.54 Å². The third kappa shape index (κ3) is 5.22. The van der Waals surface area contributed by atoms with Crippen molar-refractivity contribution < 1.29 is 9.47 Å². The predicted octanol–water partition coefficient (Wildman–Crippen LogP) is 5.11. The third-order valence-corrected chi connectivity index (χ3v) is 5.51. The number of aromatic nitrogens is 1. The highest BCUT2D eigenvalue weighted by molar-refractivity contribution is 5.80. The molecule has 30 heavy (non-hydrogen) atoms. The SMILES string of the molecule is CCOc1cc(CN2CCC(Nc3ccc4ccccc4n3)CC2)cc(OCC)c1. The Balaban J connectivity index is 1.34. The zero-order valence-electron chi connectivity index (χ0n) is 17.9. The van der Waals surface area contributed by atoms with E-state index in [2.05, 4.69) is 46.6 Å². The standard InChI is InChI=1S/C25H31N3O2/c1-3-29-22-15-19(16-23(17-22)30-4-2)18-28-13-11-21(12-14-28)26-25-10-9-20-7-5-6-8-24(20)27-25/h5-10,15-17,21H,3-4,11-14,18H2,1-2H3,(H,26,27). The van der Waals surface area contributed by atoms with Crippen LogP contribution in [0.4, 0.5) is 5.82 Å². The first-order valence-corrected chi connectivity index (χ1v) is 11.0. The molecule has 0 saturated carbocycles. The molecule has 1 aromatic heterocycles. The van der Waals surface area contributed by atoms with Crippen molar-refractivity contribution in [2.45, 2.75) is 39.3 Å². The Morgan fingerprint density at radius 2 is 1.63 bits per heavy atom. The molecule has 0 bridgehead atoms. The van der Waals surface area contributed by atoms with Crippen LogP contribution >= 0.6 is 0 Å². The van der Waals surface area contributed by atoms with E-state index in [1.807, 2.05) is 32.0 Å². The molecule has 158 valence electrons. The van der Waals surface area contributed by atoms with E-state index in [1.54, 1.807) is 0 Å². The van der Waals surface area contributed by atoms with E-state index in [9.17, 15) is 0 Å². The lowest BCUT2D eigenvalue weighted by Gasteiger charge is -2.32. The first-order valence-electron chi connectivity index (χ1n) is 11.0. The molecule has 1 fully saturated rings. The number of piperidine rings is 1. The first-order chi connectivity index (χ1) is 14.7. The van der Waals surface area contributed by atoms with Crippen LogP contribution < -0.4 is 14.8 Å². The second-order valence-corrected chi connectivity index (χ2v) is 7.76. The van der Waals surface area contributed by atoms with Gasteiger partial charge in [0.1, 0.15) is 17.3 Å². The normalized spacial score (nSPS) is 15.3. The number of para-hydroxylation sites is 1. The fourth-order valence-electron chi connectivity index (χ4n) is 4.07. The fourth-order valence-corrected chi connectivity index (χ4v) is 4.07. The molecule has 4 rings (SSSR count). The van der Waals surface area contributed by atoms with Gasteiger partial charge in [-0.05, 0) is 62.6 Å². The molecule has 1 N–H and O–H groups in total. The van der Waals surface area contributed by atoms with E-state index in [4.69, 9.17) is 14.5 Å². The maximum atomic E-state index is 5.72. The van der Waals surface area contributed by atoms with Crippen LogP contribution in [0.15, 0.2) is 54.6 Å². The lowest BCUT2D eigenvalue weighted by molar-refractivity contribution is 0.210. The summed E-state index contributed by atoms with van der Waals surface area (Å²) in [6, 6.07) is 19.2. The molecule has 0 unspecified atom stereocenters. The minimum atomic E-state index is 0.462. The average molecular weight is 406 g/mol. The first kappa shape index (κ1) is 20.5. The zero-order valence-corrected chi connectivity index (χ0v) is 17.9. The molecule has 1 saturated heterocycles. The molecule has 2 heterocycles. The average Bonchev–Trinajstić information content (AvgIpc) is 2.75. The molecule has 2 aromatic carbocycles. The van der Waals surface area contributed by atoms with E-state index in [0.29, 0.717) is 19.3 Å². The summed E-state index contributed by atoms with van der Waals surface area (Å²) in [5.74, 6) is 2.74. The zero-order chi connectivity index (χ0) is 20.8. The van der Waals surface area contributed by atoms with Crippen LogP contribution in [0.1, 0.15) is 32.3 Å². The van der Waals surface area contributed by atoms with E-state index < -0.39 is 0 Å². The van der Waals surface area contributed by atoms with Crippen LogP contribution in [0.5, 0.6) is 11.5 Å². The van der Waals surface area contributed by atoms with Gasteiger partial charge in [0.05, 0.1) is 18.7 Å². The minimum absolute atomic E-state index is 0.462. The van der Waals surface area contributed by atoms with Gasteiger partial charge in [-0.25, -0.2) is 4.98 Å². The summed E-state index contributed by atoms with van der Waals surface area (Å²) in [7, 11) is 0. The van der Waals surface area contributed by atoms with Crippen LogP contribution in [0.2, 0.25) is 0 Å². The Morgan fingerprint density at radius 1 is 0.933 bits per heavy atom. The Hall–Kier alpha value is -2.79. The number of likely N-dealkylation sites (tertiary alicyclic amines) is 1. The number of rotatable bonds is 8. The van der Waals surface area contributed by atoms with Crippen molar-refractivity contribution in [1.29, 1.82) is 0 Å². The van der Waals surface area contributed by atoms with Gasteiger partial charge in [-0.1, -0.05) is 18.2 Å². The molecule has 0 amide bonds. The Labute approximate surface area is 179 Å². The molecule has 3 aromatic rings. The lowest BCUT2D eigenvalue weighted by atomic mass is 10.0. The summed E-state index contributed by atoms with van der Waals surface area (Å²) < 4.78 is 11.4. The molecule has 0 atom stereocenters. The molecular weight excluding hydrogens is 374 g/mol. The Morgan fingerprint density at radius 3 is 2.33 bits per heavy atom. The maximum Gasteiger partial charge on any atom is 0.126 e. The van der Waals surface area contributed by atoms with Crippen LogP contribution in [-0.4, -0.2) is 42.2 Å². The van der Waals surface area contributed by atoms with Gasteiger partial charge in [0.15, 0.2) is 0 Å². The summed E-state index contributed by atoms with van der Waals surface area (Å²) in [6.07, 6.45) is 2.22. The van der Waals surface area contributed by atoms with E-state index in [1.165, 1.54) is 10.9 Å². The van der Waals surface area contributed by atoms with Gasteiger partial charge >= 0.3 is 0 Å². The van der Waals surface area contributed by atoms with Gasteiger partial charge in [0.2, 0.25) is 0 Å². The highest BCUT2D eigenvalue weighted by Crippen LogP contribution is 2.25. The molecule has 0 aliphatic carbocycles. The van der Waals surface area contributed by atoms with Gasteiger partial charge in [0, 0.05) is 37.1 Å². The number of nitrogens with one attached hydrogen (secondary N) is 1. The number of anilines is 1. The summed E-state index contributed by atoms with van der Waals surface area (Å²) in [5.41, 5.74) is 2.28. The number of benzene rings is 2. The number of nitrogens with zero attached hydrogens (tertiary/aromatic N) is 2. The minimum Gasteiger partial charge on any atom is -0.494 e. The molecule has 5 nitrogen and oxygen atoms in total. The van der Waals surface area contributed by atoms with Gasteiger partial charge in [-0.2, -0.15) is 0 Å². The fraction of sp³-hybridized carbons (Fsp3) is 0.400. The van der Waals surface area contributed by atoms with Gasteiger partial charge < -0.3 is 14.8 Å². The lowest BCUT2D eigenvalue weighted by Crippen LogP contribution is -2.38. The molecule has 1 aliphatic rings. The molecule has 5 heteroatoms. The second kappa shape index (κ2) is 9.81. The van der Waals surface area contributed by atoms with Gasteiger partial charge in [0.25, 0.3) is 0 Å². The van der Waals surface area contributed by atoms with E-state index >= 15 is 0 Å². The monoisotopic (exact) mass is 405 g/mol. The van der Waals surface area contributed by atoms with Crippen molar-refractivity contribution in [3.05, 3.63) is 60.2 Å². The van der Waals surface area contributed by atoms with E-state index in [-0.39, 0.29) is 0 Å². The largest absolute Gasteiger partial charge is 0.494 e. The molecule has 1 aliphatic heterocycles. The smallest absolute Gasteiger partial charge is 0.126 e. The highest BCUT2D eigenvalue weighted by atomic mass is 16.5. The van der Waals surface area contributed by atoms with Crippen molar-refractivity contribution in [1.82, 2.24) is 9.88 Å². The maximum absolute atomic E-state index is 5.72. The topological polar surface area (TPSA) is 46.6 Å². The summed E-state index contributed by atoms with van der Waals surface area (Å²) in [4.78, 5) is 7.26. The highest BCUT2D eigenvalue weighted by Gasteiger charge is 2.20. The van der Waals surface area contributed by atoms with Crippen molar-refractivity contribution in [2.75, 3.05) is 31.6 Å². The van der Waals surface area contributed by atoms with Crippen molar-refractivity contribution in [3.63, 3.8) is 0 Å². The van der Waals surface area contributed by atoms with Crippen molar-refractivity contribution in [3.8, 4) is 11.5 Å². The summed E-state index contributed by atoms with van der Waals surface area (Å²) >= 11 is 0. The van der Waals surface area contributed by atoms with Gasteiger partial charge in [-0.15, -0.1) is 0 Å². The summed E-state index contributed by atoms with van der Waals surface area (Å²) in [5, 5.41) is 4.81. The number of hydrogen-bond donors (Lipinski definition) is 1. The number of fused-ring (bicyclic) bond motifs is 1. The molecule has 0 spiro atoms. The second-order valence-electron chi connectivity index (χ2n) is 7.76. The molecular formula is C25H31N3O2. The van der Waals surface area contributed by atoms with Gasteiger partial charge in [-0.3, -0.25) is 4.90 Å². The van der Waals surface area contributed by atoms with Crippen LogP contribution in [0, 0.1) is 0 Å². The third-order valence-electron chi connectivity index (χ3n) is 5.51. The number of ether oxygens (including phenoxy) is 2. The van der Waals surface area contributed by atoms with Crippen molar-refractivity contribution >= 4 is 16.7 Å². The van der Waals surface area contributed by atoms with Crippen LogP contribution in [0.25, 0.3) is 10.9 Å².